The van der Waals surface area contributed by atoms with Crippen molar-refractivity contribution in [1.29, 1.82) is 0 Å². The quantitative estimate of drug-likeness (QED) is 0.621. The topological polar surface area (TPSA) is 42.9 Å². The number of hydrogen-bond acceptors (Lipinski definition) is 3. The maximum absolute atomic E-state index is 12.2. The zero-order valence-electron chi connectivity index (χ0n) is 8.32. The van der Waals surface area contributed by atoms with Crippen molar-refractivity contribution < 1.29 is 4.79 Å². The van der Waals surface area contributed by atoms with Crippen molar-refractivity contribution in [3.63, 3.8) is 0 Å². The number of aromatic nitrogens is 2. The third kappa shape index (κ3) is 2.65. The summed E-state index contributed by atoms with van der Waals surface area (Å²) in [4.78, 5) is 19.7. The molecule has 86 valence electrons. The molecule has 17 heavy (non-hydrogen) atoms. The molecule has 0 bridgehead atoms. The number of hydrogen-bond donors (Lipinski definition) is 0. The molecule has 0 aliphatic rings. The molecule has 1 aromatic carbocycles. The lowest BCUT2D eigenvalue weighted by Crippen LogP contribution is -2.05. The van der Waals surface area contributed by atoms with Crippen LogP contribution in [0.1, 0.15) is 15.9 Å². The Hall–Kier alpha value is -0.970. The summed E-state index contributed by atoms with van der Waals surface area (Å²) in [5.74, 6) is -0.304. The molecule has 0 radical (unpaired) electrons. The van der Waals surface area contributed by atoms with Gasteiger partial charge in [-0.05, 0) is 12.1 Å². The van der Waals surface area contributed by atoms with Crippen LogP contribution < -0.4 is 0 Å². The second-order valence-corrected chi connectivity index (χ2v) is 4.80. The summed E-state index contributed by atoms with van der Waals surface area (Å²) in [6, 6.07) is 6.93. The van der Waals surface area contributed by atoms with Gasteiger partial charge in [-0.1, -0.05) is 51.3 Å². The van der Waals surface area contributed by atoms with Gasteiger partial charge in [0.05, 0.1) is 5.56 Å². The molecule has 1 aromatic heterocycles. The molecule has 0 saturated heterocycles. The first kappa shape index (κ1) is 12.5. The first-order valence-corrected chi connectivity index (χ1v) is 6.10. The van der Waals surface area contributed by atoms with Gasteiger partial charge in [0.1, 0.15) is 16.6 Å². The van der Waals surface area contributed by atoms with Crippen LogP contribution in [0, 0.1) is 0 Å². The Kier molecular flexibility index (Phi) is 3.76. The maximum Gasteiger partial charge on any atom is 0.199 e. The normalized spacial score (nSPS) is 10.3. The van der Waals surface area contributed by atoms with Crippen molar-refractivity contribution in [2.45, 2.75) is 0 Å². The van der Waals surface area contributed by atoms with Gasteiger partial charge < -0.3 is 0 Å². The molecular weight excluding hydrogens is 327 g/mol. The number of ketones is 1. The third-order valence-corrected chi connectivity index (χ3v) is 3.14. The minimum absolute atomic E-state index is 0.0509. The monoisotopic (exact) mass is 330 g/mol. The first-order chi connectivity index (χ1) is 8.09. The van der Waals surface area contributed by atoms with Crippen molar-refractivity contribution in [3.8, 4) is 0 Å². The van der Waals surface area contributed by atoms with Crippen LogP contribution in [0.25, 0.3) is 0 Å². The maximum atomic E-state index is 12.2. The lowest BCUT2D eigenvalue weighted by atomic mass is 10.1. The number of rotatable bonds is 2. The average Bonchev–Trinajstić information content (AvgIpc) is 2.28. The molecule has 0 atom stereocenters. The Balaban J connectivity index is 2.51. The highest BCUT2D eigenvalue weighted by Crippen LogP contribution is 2.24. The van der Waals surface area contributed by atoms with Crippen molar-refractivity contribution in [2.75, 3.05) is 0 Å². The molecule has 6 heteroatoms. The van der Waals surface area contributed by atoms with Crippen LogP contribution in [0.15, 0.2) is 35.1 Å². The standard InChI is InChI=1S/C11H5BrCl2N2O/c12-7-3-1-2-6(4-7)9(17)8-10(13)15-5-16-11(8)14/h1-5H. The minimum Gasteiger partial charge on any atom is -0.288 e. The Morgan fingerprint density at radius 1 is 1.18 bits per heavy atom. The largest absolute Gasteiger partial charge is 0.288 e. The number of carbonyl (C=O) groups excluding carboxylic acids is 1. The SMILES string of the molecule is O=C(c1cccc(Br)c1)c1c(Cl)ncnc1Cl. The van der Waals surface area contributed by atoms with E-state index in [1.807, 2.05) is 6.07 Å². The van der Waals surface area contributed by atoms with E-state index in [2.05, 4.69) is 25.9 Å². The molecule has 0 amide bonds. The molecule has 0 fully saturated rings. The van der Waals surface area contributed by atoms with Crippen molar-refractivity contribution >= 4 is 44.9 Å². The summed E-state index contributed by atoms with van der Waals surface area (Å²) in [5, 5.41) is 0.102. The van der Waals surface area contributed by atoms with Crippen LogP contribution in [-0.4, -0.2) is 15.8 Å². The van der Waals surface area contributed by atoms with Gasteiger partial charge in [0.15, 0.2) is 5.78 Å². The van der Waals surface area contributed by atoms with E-state index < -0.39 is 0 Å². The lowest BCUT2D eigenvalue weighted by Gasteiger charge is -2.04. The molecular formula is C11H5BrCl2N2O. The lowest BCUT2D eigenvalue weighted by molar-refractivity contribution is 0.103. The average molecular weight is 332 g/mol. The summed E-state index contributed by atoms with van der Waals surface area (Å²) in [6.45, 7) is 0. The van der Waals surface area contributed by atoms with E-state index in [9.17, 15) is 4.79 Å². The van der Waals surface area contributed by atoms with Crippen LogP contribution >= 0.6 is 39.1 Å². The second-order valence-electron chi connectivity index (χ2n) is 3.17. The van der Waals surface area contributed by atoms with Gasteiger partial charge in [-0.3, -0.25) is 4.79 Å². The molecule has 3 nitrogen and oxygen atoms in total. The van der Waals surface area contributed by atoms with E-state index in [1.54, 1.807) is 18.2 Å². The van der Waals surface area contributed by atoms with Crippen molar-refractivity contribution in [2.24, 2.45) is 0 Å². The van der Waals surface area contributed by atoms with Gasteiger partial charge in [0.2, 0.25) is 0 Å². The fourth-order valence-corrected chi connectivity index (χ4v) is 2.19. The van der Waals surface area contributed by atoms with Gasteiger partial charge in [0, 0.05) is 10.0 Å². The Bertz CT molecular complexity index is 569. The van der Waals surface area contributed by atoms with E-state index in [-0.39, 0.29) is 21.7 Å². The van der Waals surface area contributed by atoms with Crippen LogP contribution in [-0.2, 0) is 0 Å². The Morgan fingerprint density at radius 2 is 1.82 bits per heavy atom. The molecule has 0 saturated carbocycles. The van der Waals surface area contributed by atoms with Gasteiger partial charge in [-0.2, -0.15) is 0 Å². The summed E-state index contributed by atoms with van der Waals surface area (Å²) < 4.78 is 0.799. The van der Waals surface area contributed by atoms with E-state index in [4.69, 9.17) is 23.2 Å². The summed E-state index contributed by atoms with van der Waals surface area (Å²) >= 11 is 15.0. The van der Waals surface area contributed by atoms with E-state index >= 15 is 0 Å². The molecule has 2 aromatic rings. The smallest absolute Gasteiger partial charge is 0.199 e. The molecule has 0 unspecified atom stereocenters. The van der Waals surface area contributed by atoms with Gasteiger partial charge in [0.25, 0.3) is 0 Å². The van der Waals surface area contributed by atoms with Gasteiger partial charge in [-0.25, -0.2) is 9.97 Å². The summed E-state index contributed by atoms with van der Waals surface area (Å²) in [6.07, 6.45) is 1.21. The number of halogens is 3. The number of nitrogens with zero attached hydrogens (tertiary/aromatic N) is 2. The highest BCUT2D eigenvalue weighted by Gasteiger charge is 2.18. The minimum atomic E-state index is -0.304. The summed E-state index contributed by atoms with van der Waals surface area (Å²) in [7, 11) is 0. The molecule has 2 rings (SSSR count). The second kappa shape index (κ2) is 5.12. The van der Waals surface area contributed by atoms with E-state index in [1.165, 1.54) is 6.33 Å². The number of benzene rings is 1. The van der Waals surface area contributed by atoms with Gasteiger partial charge >= 0.3 is 0 Å². The zero-order valence-corrected chi connectivity index (χ0v) is 11.4. The zero-order chi connectivity index (χ0) is 12.4. The van der Waals surface area contributed by atoms with Crippen LogP contribution in [0.4, 0.5) is 0 Å². The van der Waals surface area contributed by atoms with E-state index in [0.717, 1.165) is 4.47 Å². The number of carbonyl (C=O) groups is 1. The molecule has 0 spiro atoms. The fourth-order valence-electron chi connectivity index (χ4n) is 1.31. The fraction of sp³-hybridized carbons (Fsp3) is 0. The van der Waals surface area contributed by atoms with Crippen molar-refractivity contribution in [1.82, 2.24) is 9.97 Å². The first-order valence-electron chi connectivity index (χ1n) is 4.56. The highest BCUT2D eigenvalue weighted by atomic mass is 79.9. The molecule has 1 heterocycles. The van der Waals surface area contributed by atoms with Crippen LogP contribution in [0.2, 0.25) is 10.3 Å². The van der Waals surface area contributed by atoms with Crippen molar-refractivity contribution in [3.05, 3.63) is 56.5 Å². The highest BCUT2D eigenvalue weighted by molar-refractivity contribution is 9.10. The molecule has 0 aliphatic carbocycles. The van der Waals surface area contributed by atoms with Crippen LogP contribution in [0.3, 0.4) is 0 Å². The Morgan fingerprint density at radius 3 is 2.41 bits per heavy atom. The molecule has 0 aliphatic heterocycles. The predicted octanol–water partition coefficient (Wildman–Crippen LogP) is 3.78. The van der Waals surface area contributed by atoms with E-state index in [0.29, 0.717) is 5.56 Å². The van der Waals surface area contributed by atoms with Gasteiger partial charge in [-0.15, -0.1) is 0 Å². The Labute approximate surface area is 116 Å². The summed E-state index contributed by atoms with van der Waals surface area (Å²) in [5.41, 5.74) is 0.590. The third-order valence-electron chi connectivity index (χ3n) is 2.07. The molecule has 0 N–H and O–H groups in total. The van der Waals surface area contributed by atoms with Crippen LogP contribution in [0.5, 0.6) is 0 Å². The predicted molar refractivity (Wildman–Crippen MR) is 69.6 cm³/mol.